The van der Waals surface area contributed by atoms with Crippen molar-refractivity contribution in [1.82, 2.24) is 4.90 Å². The van der Waals surface area contributed by atoms with Gasteiger partial charge in [-0.15, -0.1) is 11.3 Å². The molecule has 1 aromatic heterocycles. The number of benzene rings is 1. The fourth-order valence-corrected chi connectivity index (χ4v) is 2.50. The van der Waals surface area contributed by atoms with Crippen LogP contribution in [0.3, 0.4) is 0 Å². The Labute approximate surface area is 122 Å². The molecule has 20 heavy (non-hydrogen) atoms. The number of nitrogens with zero attached hydrogens (tertiary/aromatic N) is 1. The molecule has 0 unspecified atom stereocenters. The summed E-state index contributed by atoms with van der Waals surface area (Å²) in [6.45, 7) is 3.24. The Morgan fingerprint density at radius 3 is 2.65 bits per heavy atom. The molecule has 1 amide bonds. The highest BCUT2D eigenvalue weighted by Crippen LogP contribution is 2.12. The van der Waals surface area contributed by atoms with E-state index in [9.17, 15) is 9.18 Å². The molecule has 0 spiro atoms. The van der Waals surface area contributed by atoms with Gasteiger partial charge in [0.1, 0.15) is 5.82 Å². The fraction of sp³-hybridized carbons (Fsp3) is 0.188. The van der Waals surface area contributed by atoms with Crippen LogP contribution in [-0.2, 0) is 11.3 Å². The number of carbonyl (C=O) groups excluding carboxylic acids is 1. The van der Waals surface area contributed by atoms with Crippen molar-refractivity contribution in [3.8, 4) is 0 Å². The van der Waals surface area contributed by atoms with E-state index in [1.165, 1.54) is 18.2 Å². The first-order valence-electron chi connectivity index (χ1n) is 6.44. The molecule has 2 rings (SSSR count). The van der Waals surface area contributed by atoms with E-state index < -0.39 is 0 Å². The molecular formula is C16H16FNOS. The highest BCUT2D eigenvalue weighted by Gasteiger charge is 2.09. The molecule has 2 aromatic rings. The van der Waals surface area contributed by atoms with Crippen LogP contribution in [0, 0.1) is 5.82 Å². The number of likely N-dealkylation sites (N-methyl/N-ethyl adjacent to an activating group) is 1. The fourth-order valence-electron chi connectivity index (χ4n) is 1.78. The molecule has 0 saturated heterocycles. The molecule has 0 radical (unpaired) electrons. The zero-order valence-corrected chi connectivity index (χ0v) is 12.1. The molecule has 104 valence electrons. The predicted molar refractivity (Wildman–Crippen MR) is 80.8 cm³/mol. The summed E-state index contributed by atoms with van der Waals surface area (Å²) in [6, 6.07) is 10.1. The first-order valence-corrected chi connectivity index (χ1v) is 7.32. The molecule has 0 fully saturated rings. The van der Waals surface area contributed by atoms with Crippen LogP contribution in [0.1, 0.15) is 17.4 Å². The van der Waals surface area contributed by atoms with Crippen molar-refractivity contribution < 1.29 is 9.18 Å². The number of amides is 1. The van der Waals surface area contributed by atoms with E-state index in [1.807, 2.05) is 24.4 Å². The van der Waals surface area contributed by atoms with Gasteiger partial charge in [0.25, 0.3) is 0 Å². The Kier molecular flexibility index (Phi) is 5.07. The van der Waals surface area contributed by atoms with Crippen LogP contribution in [0.25, 0.3) is 6.08 Å². The second-order valence-electron chi connectivity index (χ2n) is 4.32. The van der Waals surface area contributed by atoms with Gasteiger partial charge in [0, 0.05) is 17.5 Å². The van der Waals surface area contributed by atoms with Crippen molar-refractivity contribution in [2.24, 2.45) is 0 Å². The molecule has 0 aliphatic carbocycles. The summed E-state index contributed by atoms with van der Waals surface area (Å²) >= 11 is 1.64. The highest BCUT2D eigenvalue weighted by atomic mass is 32.1. The van der Waals surface area contributed by atoms with Gasteiger partial charge in [-0.05, 0) is 42.1 Å². The van der Waals surface area contributed by atoms with Crippen LogP contribution in [0.2, 0.25) is 0 Å². The van der Waals surface area contributed by atoms with Crippen molar-refractivity contribution in [1.29, 1.82) is 0 Å². The number of rotatable bonds is 5. The van der Waals surface area contributed by atoms with E-state index in [0.717, 1.165) is 10.4 Å². The van der Waals surface area contributed by atoms with Crippen LogP contribution in [0.5, 0.6) is 0 Å². The maximum atomic E-state index is 12.8. The first-order chi connectivity index (χ1) is 9.69. The summed E-state index contributed by atoms with van der Waals surface area (Å²) in [5, 5.41) is 2.00. The lowest BCUT2D eigenvalue weighted by atomic mass is 10.2. The summed E-state index contributed by atoms with van der Waals surface area (Å²) in [7, 11) is 0. The molecule has 1 heterocycles. The molecule has 0 aliphatic heterocycles. The standard InChI is InChI=1S/C16H16FNOS/c1-2-18(12-15-4-3-11-20-15)16(19)10-7-13-5-8-14(17)9-6-13/h3-11H,2,12H2,1H3. The van der Waals surface area contributed by atoms with E-state index in [2.05, 4.69) is 0 Å². The smallest absolute Gasteiger partial charge is 0.246 e. The molecule has 0 aliphatic rings. The van der Waals surface area contributed by atoms with Crippen LogP contribution < -0.4 is 0 Å². The zero-order valence-electron chi connectivity index (χ0n) is 11.3. The Balaban J connectivity index is 2.00. The summed E-state index contributed by atoms with van der Waals surface area (Å²) in [5.41, 5.74) is 0.812. The van der Waals surface area contributed by atoms with Gasteiger partial charge in [0.2, 0.25) is 5.91 Å². The van der Waals surface area contributed by atoms with Crippen LogP contribution in [0.15, 0.2) is 47.9 Å². The molecule has 4 heteroatoms. The van der Waals surface area contributed by atoms with Gasteiger partial charge in [-0.3, -0.25) is 4.79 Å². The van der Waals surface area contributed by atoms with Crippen molar-refractivity contribution in [3.05, 3.63) is 64.1 Å². The monoisotopic (exact) mass is 289 g/mol. The minimum absolute atomic E-state index is 0.0368. The van der Waals surface area contributed by atoms with Gasteiger partial charge in [-0.2, -0.15) is 0 Å². The third kappa shape index (κ3) is 4.03. The Bertz CT molecular complexity index is 575. The number of halogens is 1. The SMILES string of the molecule is CCN(Cc1cccs1)C(=O)C=Cc1ccc(F)cc1. The summed E-state index contributed by atoms with van der Waals surface area (Å²) in [4.78, 5) is 15.0. The quantitative estimate of drug-likeness (QED) is 0.763. The number of carbonyl (C=O) groups is 1. The largest absolute Gasteiger partial charge is 0.334 e. The van der Waals surface area contributed by atoms with Crippen LogP contribution in [0.4, 0.5) is 4.39 Å². The maximum Gasteiger partial charge on any atom is 0.246 e. The van der Waals surface area contributed by atoms with Crippen molar-refractivity contribution in [2.45, 2.75) is 13.5 Å². The lowest BCUT2D eigenvalue weighted by Crippen LogP contribution is -2.28. The lowest BCUT2D eigenvalue weighted by Gasteiger charge is -2.18. The van der Waals surface area contributed by atoms with E-state index >= 15 is 0 Å². The van der Waals surface area contributed by atoms with Gasteiger partial charge in [-0.25, -0.2) is 4.39 Å². The van der Waals surface area contributed by atoms with Crippen molar-refractivity contribution in [2.75, 3.05) is 6.54 Å². The minimum atomic E-state index is -0.277. The van der Waals surface area contributed by atoms with E-state index in [-0.39, 0.29) is 11.7 Å². The lowest BCUT2D eigenvalue weighted by molar-refractivity contribution is -0.126. The summed E-state index contributed by atoms with van der Waals surface area (Å²) < 4.78 is 12.8. The van der Waals surface area contributed by atoms with E-state index in [4.69, 9.17) is 0 Å². The number of thiophene rings is 1. The maximum absolute atomic E-state index is 12.8. The summed E-state index contributed by atoms with van der Waals surface area (Å²) in [5.74, 6) is -0.313. The Morgan fingerprint density at radius 2 is 2.05 bits per heavy atom. The average molecular weight is 289 g/mol. The van der Waals surface area contributed by atoms with Gasteiger partial charge >= 0.3 is 0 Å². The molecule has 0 N–H and O–H groups in total. The molecule has 0 atom stereocenters. The first kappa shape index (κ1) is 14.5. The predicted octanol–water partition coefficient (Wildman–Crippen LogP) is 3.95. The summed E-state index contributed by atoms with van der Waals surface area (Å²) in [6.07, 6.45) is 3.24. The minimum Gasteiger partial charge on any atom is -0.334 e. The van der Waals surface area contributed by atoms with Gasteiger partial charge in [0.05, 0.1) is 6.54 Å². The van der Waals surface area contributed by atoms with Crippen LogP contribution >= 0.6 is 11.3 Å². The van der Waals surface area contributed by atoms with Crippen LogP contribution in [-0.4, -0.2) is 17.4 Å². The van der Waals surface area contributed by atoms with E-state index in [1.54, 1.807) is 34.4 Å². The second-order valence-corrected chi connectivity index (χ2v) is 5.35. The Hall–Kier alpha value is -1.94. The zero-order chi connectivity index (χ0) is 14.4. The second kappa shape index (κ2) is 7.01. The molecule has 0 bridgehead atoms. The normalized spacial score (nSPS) is 10.9. The number of hydrogen-bond donors (Lipinski definition) is 0. The van der Waals surface area contributed by atoms with Gasteiger partial charge in [0.15, 0.2) is 0 Å². The third-order valence-corrected chi connectivity index (χ3v) is 3.77. The highest BCUT2D eigenvalue weighted by molar-refractivity contribution is 7.09. The van der Waals surface area contributed by atoms with Gasteiger partial charge in [-0.1, -0.05) is 18.2 Å². The molecule has 2 nitrogen and oxygen atoms in total. The van der Waals surface area contributed by atoms with Crippen molar-refractivity contribution >= 4 is 23.3 Å². The number of hydrogen-bond acceptors (Lipinski definition) is 2. The molecular weight excluding hydrogens is 273 g/mol. The van der Waals surface area contributed by atoms with Gasteiger partial charge < -0.3 is 4.90 Å². The average Bonchev–Trinajstić information content (AvgIpc) is 2.97. The topological polar surface area (TPSA) is 20.3 Å². The molecule has 1 aromatic carbocycles. The van der Waals surface area contributed by atoms with E-state index in [0.29, 0.717) is 13.1 Å². The molecule has 0 saturated carbocycles. The van der Waals surface area contributed by atoms with Crippen molar-refractivity contribution in [3.63, 3.8) is 0 Å². The third-order valence-electron chi connectivity index (χ3n) is 2.91. The Morgan fingerprint density at radius 1 is 1.30 bits per heavy atom.